The molecule has 2 rings (SSSR count). The molecule has 5 heteroatoms. The molecule has 0 radical (unpaired) electrons. The van der Waals surface area contributed by atoms with Crippen LogP contribution in [0.25, 0.3) is 0 Å². The van der Waals surface area contributed by atoms with Gasteiger partial charge in [-0.1, -0.05) is 11.6 Å². The van der Waals surface area contributed by atoms with Crippen LogP contribution in [0.4, 0.5) is 0 Å². The zero-order chi connectivity index (χ0) is 20.9. The lowest BCUT2D eigenvalue weighted by Gasteiger charge is -2.21. The number of allylic oxidation sites excluding steroid dienone is 2. The van der Waals surface area contributed by atoms with Gasteiger partial charge in [-0.15, -0.1) is 0 Å². The minimum absolute atomic E-state index is 0.0240. The van der Waals surface area contributed by atoms with Crippen molar-refractivity contribution >= 4 is 11.7 Å². The number of Topliss-reactive ketones (excluding diaryl/α,β-unsaturated/α-hetero) is 1. The smallest absolute Gasteiger partial charge is 0.275 e. The fraction of sp³-hybridized carbons (Fsp3) is 0.652. The molecule has 5 nitrogen and oxygen atoms in total. The number of likely N-dealkylation sites (N-methyl/N-ethyl adjacent to an activating group) is 1. The second kappa shape index (κ2) is 9.55. The van der Waals surface area contributed by atoms with E-state index in [1.807, 2.05) is 40.8 Å². The van der Waals surface area contributed by atoms with E-state index in [2.05, 4.69) is 22.9 Å². The van der Waals surface area contributed by atoms with Crippen molar-refractivity contribution < 1.29 is 14.5 Å². The van der Waals surface area contributed by atoms with Gasteiger partial charge in [-0.05, 0) is 72.8 Å². The highest BCUT2D eigenvalue weighted by molar-refractivity contribution is 5.98. The molecule has 0 aromatic carbocycles. The molecule has 0 saturated heterocycles. The molecule has 2 N–H and O–H groups in total. The molecule has 156 valence electrons. The summed E-state index contributed by atoms with van der Waals surface area (Å²) >= 11 is 0. The van der Waals surface area contributed by atoms with E-state index in [1.54, 1.807) is 5.57 Å². The van der Waals surface area contributed by atoms with Gasteiger partial charge < -0.3 is 14.8 Å². The highest BCUT2D eigenvalue weighted by Crippen LogP contribution is 2.22. The average Bonchev–Trinajstić information content (AvgIpc) is 2.86. The van der Waals surface area contributed by atoms with Crippen LogP contribution in [-0.2, 0) is 11.3 Å². The largest absolute Gasteiger partial charge is 0.348 e. The first-order valence-electron chi connectivity index (χ1n) is 10.6. The second-order valence-electron chi connectivity index (χ2n) is 9.33. The van der Waals surface area contributed by atoms with Crippen molar-refractivity contribution in [1.82, 2.24) is 9.88 Å². The number of carbonyl (C=O) groups excluding carboxylic acids is 2. The first-order valence-corrected chi connectivity index (χ1v) is 10.6. The Hall–Kier alpha value is -1.88. The van der Waals surface area contributed by atoms with Crippen molar-refractivity contribution in [2.24, 2.45) is 0 Å². The first-order chi connectivity index (χ1) is 13.1. The fourth-order valence-corrected chi connectivity index (χ4v) is 3.98. The predicted molar refractivity (Wildman–Crippen MR) is 114 cm³/mol. The molecule has 1 unspecified atom stereocenters. The van der Waals surface area contributed by atoms with Gasteiger partial charge in [0.1, 0.15) is 6.54 Å². The molecular formula is C23H38N3O2+. The van der Waals surface area contributed by atoms with Crippen LogP contribution in [0.2, 0.25) is 0 Å². The van der Waals surface area contributed by atoms with Crippen LogP contribution in [0.15, 0.2) is 17.7 Å². The number of aromatic nitrogens is 1. The lowest BCUT2D eigenvalue weighted by molar-refractivity contribution is -0.862. The van der Waals surface area contributed by atoms with Crippen LogP contribution in [0.5, 0.6) is 0 Å². The average molecular weight is 389 g/mol. The van der Waals surface area contributed by atoms with Crippen LogP contribution in [0.1, 0.15) is 74.6 Å². The maximum atomic E-state index is 12.8. The summed E-state index contributed by atoms with van der Waals surface area (Å²) in [5.41, 5.74) is 4.29. The van der Waals surface area contributed by atoms with Crippen molar-refractivity contribution in [2.45, 2.75) is 78.8 Å². The van der Waals surface area contributed by atoms with Gasteiger partial charge in [0, 0.05) is 29.0 Å². The second-order valence-corrected chi connectivity index (χ2v) is 9.33. The van der Waals surface area contributed by atoms with E-state index in [9.17, 15) is 9.59 Å². The Balaban J connectivity index is 1.96. The number of rotatable bonds is 8. The highest BCUT2D eigenvalue weighted by atomic mass is 16.2. The van der Waals surface area contributed by atoms with E-state index in [-0.39, 0.29) is 17.2 Å². The molecule has 28 heavy (non-hydrogen) atoms. The maximum absolute atomic E-state index is 12.8. The Morgan fingerprint density at radius 2 is 1.89 bits per heavy atom. The summed E-state index contributed by atoms with van der Waals surface area (Å²) in [5.74, 6) is 0.0846. The molecule has 1 amide bonds. The number of nitrogens with zero attached hydrogens (tertiary/aromatic N) is 1. The number of hydrogen-bond acceptors (Lipinski definition) is 2. The van der Waals surface area contributed by atoms with Gasteiger partial charge in [0.05, 0.1) is 7.05 Å². The van der Waals surface area contributed by atoms with E-state index in [4.69, 9.17) is 0 Å². The number of aryl methyl sites for hydroxylation is 1. The summed E-state index contributed by atoms with van der Waals surface area (Å²) < 4.78 is 2.27. The zero-order valence-corrected chi connectivity index (χ0v) is 18.6. The normalized spacial score (nSPS) is 15.9. The van der Waals surface area contributed by atoms with Gasteiger partial charge >= 0.3 is 0 Å². The maximum Gasteiger partial charge on any atom is 0.275 e. The molecule has 1 aliphatic carbocycles. The zero-order valence-electron chi connectivity index (χ0n) is 18.6. The Labute approximate surface area is 170 Å². The molecule has 0 aliphatic heterocycles. The molecule has 1 aromatic heterocycles. The van der Waals surface area contributed by atoms with E-state index in [0.717, 1.165) is 34.8 Å². The van der Waals surface area contributed by atoms with Crippen LogP contribution in [-0.4, -0.2) is 41.9 Å². The quantitative estimate of drug-likeness (QED) is 0.531. The van der Waals surface area contributed by atoms with Gasteiger partial charge in [0.2, 0.25) is 5.78 Å². The fourth-order valence-electron chi connectivity index (χ4n) is 3.98. The lowest BCUT2D eigenvalue weighted by Crippen LogP contribution is -3.11. The van der Waals surface area contributed by atoms with E-state index in [1.165, 1.54) is 25.7 Å². The number of quaternary nitrogens is 1. The van der Waals surface area contributed by atoms with Crippen molar-refractivity contribution in [3.05, 3.63) is 34.7 Å². The van der Waals surface area contributed by atoms with Crippen molar-refractivity contribution in [1.29, 1.82) is 0 Å². The summed E-state index contributed by atoms with van der Waals surface area (Å²) in [5, 5.41) is 2.96. The number of nitrogens with one attached hydrogen (secondary N) is 2. The topological polar surface area (TPSA) is 55.5 Å². The van der Waals surface area contributed by atoms with E-state index >= 15 is 0 Å². The summed E-state index contributed by atoms with van der Waals surface area (Å²) in [4.78, 5) is 25.8. The van der Waals surface area contributed by atoms with E-state index < -0.39 is 0 Å². The van der Waals surface area contributed by atoms with Crippen LogP contribution < -0.4 is 10.2 Å². The summed E-state index contributed by atoms with van der Waals surface area (Å²) in [6, 6.07) is 2.01. The third-order valence-corrected chi connectivity index (χ3v) is 5.35. The first kappa shape index (κ1) is 22.4. The van der Waals surface area contributed by atoms with Crippen LogP contribution in [0, 0.1) is 13.8 Å². The molecule has 1 aromatic rings. The monoisotopic (exact) mass is 388 g/mol. The highest BCUT2D eigenvalue weighted by Gasteiger charge is 2.22. The number of amides is 1. The Bertz CT molecular complexity index is 738. The van der Waals surface area contributed by atoms with Gasteiger partial charge in [0.25, 0.3) is 5.91 Å². The Kier molecular flexibility index (Phi) is 7.64. The molecule has 0 fully saturated rings. The summed E-state index contributed by atoms with van der Waals surface area (Å²) in [6.07, 6.45) is 8.51. The molecular weight excluding hydrogens is 350 g/mol. The van der Waals surface area contributed by atoms with Crippen molar-refractivity contribution in [3.8, 4) is 0 Å². The molecule has 1 heterocycles. The van der Waals surface area contributed by atoms with Crippen molar-refractivity contribution in [2.75, 3.05) is 20.1 Å². The number of hydrogen-bond donors (Lipinski definition) is 2. The lowest BCUT2D eigenvalue weighted by atomic mass is 9.97. The van der Waals surface area contributed by atoms with Gasteiger partial charge in [-0.2, -0.15) is 0 Å². The summed E-state index contributed by atoms with van der Waals surface area (Å²) in [6.45, 7) is 11.6. The molecule has 1 aliphatic rings. The predicted octanol–water partition coefficient (Wildman–Crippen LogP) is 2.61. The van der Waals surface area contributed by atoms with Crippen LogP contribution in [0.3, 0.4) is 0 Å². The number of carbonyl (C=O) groups is 2. The molecule has 0 bridgehead atoms. The van der Waals surface area contributed by atoms with Gasteiger partial charge in [0.15, 0.2) is 6.54 Å². The molecule has 1 atom stereocenters. The number of ketones is 1. The third kappa shape index (κ3) is 6.62. The molecule has 0 saturated carbocycles. The van der Waals surface area contributed by atoms with Crippen LogP contribution >= 0.6 is 0 Å². The minimum atomic E-state index is -0.250. The third-order valence-electron chi connectivity index (χ3n) is 5.35. The van der Waals surface area contributed by atoms with Gasteiger partial charge in [-0.25, -0.2) is 0 Å². The molecule has 0 spiro atoms. The Morgan fingerprint density at radius 1 is 1.18 bits per heavy atom. The standard InChI is InChI=1S/C23H37N3O2/c1-17-14-20(18(2)26(17)13-12-19-10-8-7-9-11-19)21(27)15-25(6)16-22(28)24-23(3,4)5/h10,14H,7-9,11-13,15-16H2,1-6H3,(H,24,28)/p+1. The minimum Gasteiger partial charge on any atom is -0.348 e. The van der Waals surface area contributed by atoms with Crippen molar-refractivity contribution in [3.63, 3.8) is 0 Å². The van der Waals surface area contributed by atoms with E-state index in [0.29, 0.717) is 13.1 Å². The SMILES string of the molecule is Cc1cc(C(=O)C[NH+](C)CC(=O)NC(C)(C)C)c(C)n1CCC1=CCCCC1. The summed E-state index contributed by atoms with van der Waals surface area (Å²) in [7, 11) is 1.90. The Morgan fingerprint density at radius 3 is 2.50 bits per heavy atom. The van der Waals surface area contributed by atoms with Gasteiger partial charge in [-0.3, -0.25) is 9.59 Å².